The predicted molar refractivity (Wildman–Crippen MR) is 36.8 cm³/mol. The van der Waals surface area contributed by atoms with Gasteiger partial charge in [-0.3, -0.25) is 0 Å². The van der Waals surface area contributed by atoms with Crippen molar-refractivity contribution in [2.45, 2.75) is 30.5 Å². The van der Waals surface area contributed by atoms with Gasteiger partial charge in [-0.05, 0) is 0 Å². The highest BCUT2D eigenvalue weighted by Gasteiger charge is 2.67. The van der Waals surface area contributed by atoms with Gasteiger partial charge >= 0.3 is 0 Å². The van der Waals surface area contributed by atoms with Crippen molar-refractivity contribution in [3.8, 4) is 0 Å². The van der Waals surface area contributed by atoms with E-state index in [0.29, 0.717) is 0 Å². The topological polar surface area (TPSA) is 90.2 Å². The van der Waals surface area contributed by atoms with Crippen LogP contribution in [-0.2, 0) is 4.74 Å². The zero-order chi connectivity index (χ0) is 8.98. The van der Waals surface area contributed by atoms with Crippen molar-refractivity contribution < 1.29 is 25.2 Å². The first kappa shape index (κ1) is 8.40. The lowest BCUT2D eigenvalue weighted by atomic mass is 9.64. The first-order valence-corrected chi connectivity index (χ1v) is 3.92. The number of ether oxygens (including phenoxy) is 1. The summed E-state index contributed by atoms with van der Waals surface area (Å²) in [6.45, 7) is -0.280. The van der Waals surface area contributed by atoms with E-state index in [2.05, 4.69) is 0 Å². The molecule has 0 bridgehead atoms. The summed E-state index contributed by atoms with van der Waals surface area (Å²) >= 11 is 0. The minimum absolute atomic E-state index is 0.0295. The van der Waals surface area contributed by atoms with Crippen LogP contribution in [0.5, 0.6) is 0 Å². The summed E-state index contributed by atoms with van der Waals surface area (Å²) in [7, 11) is 0. The van der Waals surface area contributed by atoms with Crippen LogP contribution in [-0.4, -0.2) is 44.7 Å². The molecule has 0 amide bonds. The SMILES string of the molecule is OC[C@]12CC(O)(O)C1C[C@H](O)O2. The van der Waals surface area contributed by atoms with Crippen LogP contribution in [0.25, 0.3) is 0 Å². The lowest BCUT2D eigenvalue weighted by molar-refractivity contribution is -0.333. The summed E-state index contributed by atoms with van der Waals surface area (Å²) in [5.74, 6) is -2.34. The lowest BCUT2D eigenvalue weighted by Gasteiger charge is -2.51. The predicted octanol–water partition coefficient (Wildman–Crippen LogP) is -1.84. The Kier molecular flexibility index (Phi) is 1.53. The van der Waals surface area contributed by atoms with Crippen molar-refractivity contribution in [1.29, 1.82) is 0 Å². The molecular weight excluding hydrogens is 164 g/mol. The van der Waals surface area contributed by atoms with Crippen LogP contribution in [0.3, 0.4) is 0 Å². The maximum absolute atomic E-state index is 9.25. The number of hydrogen-bond acceptors (Lipinski definition) is 5. The Morgan fingerprint density at radius 3 is 2.50 bits per heavy atom. The van der Waals surface area contributed by atoms with Gasteiger partial charge in [0, 0.05) is 18.8 Å². The van der Waals surface area contributed by atoms with E-state index in [9.17, 15) is 10.2 Å². The minimum Gasteiger partial charge on any atom is -0.393 e. The molecule has 0 radical (unpaired) electrons. The van der Waals surface area contributed by atoms with Crippen LogP contribution in [0.4, 0.5) is 0 Å². The van der Waals surface area contributed by atoms with E-state index in [0.717, 1.165) is 0 Å². The van der Waals surface area contributed by atoms with E-state index >= 15 is 0 Å². The summed E-state index contributed by atoms with van der Waals surface area (Å²) in [5.41, 5.74) is -0.914. The first-order valence-electron chi connectivity index (χ1n) is 3.92. The van der Waals surface area contributed by atoms with Crippen molar-refractivity contribution >= 4 is 0 Å². The Hall–Kier alpha value is -0.200. The molecule has 1 aliphatic heterocycles. The van der Waals surface area contributed by atoms with Crippen LogP contribution < -0.4 is 0 Å². The molecule has 1 unspecified atom stereocenters. The molecule has 2 rings (SSSR count). The van der Waals surface area contributed by atoms with Gasteiger partial charge in [0.25, 0.3) is 0 Å². The van der Waals surface area contributed by atoms with Gasteiger partial charge in [-0.2, -0.15) is 0 Å². The highest BCUT2D eigenvalue weighted by atomic mass is 16.6. The second-order valence-electron chi connectivity index (χ2n) is 3.64. The fraction of sp³-hybridized carbons (Fsp3) is 1.00. The van der Waals surface area contributed by atoms with Crippen molar-refractivity contribution in [3.63, 3.8) is 0 Å². The quantitative estimate of drug-likeness (QED) is 0.352. The molecule has 0 aromatic heterocycles. The van der Waals surface area contributed by atoms with Crippen molar-refractivity contribution in [3.05, 3.63) is 0 Å². The summed E-state index contributed by atoms with van der Waals surface area (Å²) < 4.78 is 5.02. The third-order valence-corrected chi connectivity index (χ3v) is 2.83. The van der Waals surface area contributed by atoms with Crippen molar-refractivity contribution in [2.24, 2.45) is 5.92 Å². The third kappa shape index (κ3) is 0.855. The van der Waals surface area contributed by atoms with E-state index in [1.54, 1.807) is 0 Å². The Balaban J connectivity index is 2.18. The molecule has 5 heteroatoms. The minimum atomic E-state index is -1.78. The zero-order valence-corrected chi connectivity index (χ0v) is 6.47. The fourth-order valence-corrected chi connectivity index (χ4v) is 2.23. The number of fused-ring (bicyclic) bond motifs is 1. The number of aliphatic hydroxyl groups excluding tert-OH is 2. The van der Waals surface area contributed by atoms with Gasteiger partial charge in [-0.1, -0.05) is 0 Å². The second kappa shape index (κ2) is 2.18. The molecule has 2 fully saturated rings. The van der Waals surface area contributed by atoms with E-state index in [1.807, 2.05) is 0 Å². The molecule has 12 heavy (non-hydrogen) atoms. The molecule has 4 N–H and O–H groups in total. The van der Waals surface area contributed by atoms with Crippen LogP contribution in [0.1, 0.15) is 12.8 Å². The Morgan fingerprint density at radius 1 is 1.42 bits per heavy atom. The smallest absolute Gasteiger partial charge is 0.171 e. The van der Waals surface area contributed by atoms with Crippen LogP contribution in [0.2, 0.25) is 0 Å². The Bertz CT molecular complexity index is 204. The summed E-state index contributed by atoms with van der Waals surface area (Å²) in [6.07, 6.45) is -0.838. The molecule has 0 aromatic rings. The summed E-state index contributed by atoms with van der Waals surface area (Å²) in [5, 5.41) is 36.5. The van der Waals surface area contributed by atoms with E-state index < -0.39 is 23.6 Å². The summed E-state index contributed by atoms with van der Waals surface area (Å²) in [6, 6.07) is 0. The Labute approximate surface area is 69.2 Å². The molecule has 1 saturated heterocycles. The van der Waals surface area contributed by atoms with E-state index in [1.165, 1.54) is 0 Å². The monoisotopic (exact) mass is 176 g/mol. The highest BCUT2D eigenvalue weighted by molar-refractivity contribution is 5.11. The van der Waals surface area contributed by atoms with Crippen molar-refractivity contribution in [1.82, 2.24) is 0 Å². The lowest BCUT2D eigenvalue weighted by Crippen LogP contribution is -2.65. The molecule has 70 valence electrons. The molecule has 1 heterocycles. The van der Waals surface area contributed by atoms with Crippen LogP contribution in [0.15, 0.2) is 0 Å². The third-order valence-electron chi connectivity index (χ3n) is 2.83. The molecule has 5 nitrogen and oxygen atoms in total. The van der Waals surface area contributed by atoms with Crippen LogP contribution >= 0.6 is 0 Å². The molecule has 1 saturated carbocycles. The molecule has 1 aliphatic carbocycles. The molecule has 2 aliphatic rings. The number of aliphatic hydroxyl groups is 4. The first-order chi connectivity index (χ1) is 5.50. The maximum atomic E-state index is 9.25. The average Bonchev–Trinajstić information content (AvgIpc) is 2.25. The average molecular weight is 176 g/mol. The maximum Gasteiger partial charge on any atom is 0.171 e. The molecule has 0 aromatic carbocycles. The van der Waals surface area contributed by atoms with Gasteiger partial charge in [-0.25, -0.2) is 0 Å². The number of rotatable bonds is 1. The highest BCUT2D eigenvalue weighted by Crippen LogP contribution is 2.54. The van der Waals surface area contributed by atoms with Crippen molar-refractivity contribution in [2.75, 3.05) is 6.61 Å². The van der Waals surface area contributed by atoms with Gasteiger partial charge in [0.1, 0.15) is 5.60 Å². The molecule has 0 spiro atoms. The van der Waals surface area contributed by atoms with Gasteiger partial charge in [-0.15, -0.1) is 0 Å². The number of hydrogen-bond donors (Lipinski definition) is 4. The molecular formula is C7H12O5. The van der Waals surface area contributed by atoms with Gasteiger partial charge in [0.2, 0.25) is 0 Å². The standard InChI is InChI=1S/C7H12O5/c8-3-6-2-7(10,11)4(6)1-5(9)12-6/h4-5,8-11H,1-3H2/t4?,5-,6-/m1/s1. The van der Waals surface area contributed by atoms with E-state index in [4.69, 9.17) is 14.9 Å². The van der Waals surface area contributed by atoms with Gasteiger partial charge < -0.3 is 25.2 Å². The van der Waals surface area contributed by atoms with Gasteiger partial charge in [0.15, 0.2) is 12.1 Å². The zero-order valence-electron chi connectivity index (χ0n) is 6.47. The Morgan fingerprint density at radius 2 is 2.08 bits per heavy atom. The summed E-state index contributed by atoms with van der Waals surface area (Å²) in [4.78, 5) is 0. The van der Waals surface area contributed by atoms with Gasteiger partial charge in [0.05, 0.1) is 6.61 Å². The van der Waals surface area contributed by atoms with E-state index in [-0.39, 0.29) is 19.4 Å². The molecule has 3 atom stereocenters. The fourth-order valence-electron chi connectivity index (χ4n) is 2.23. The van der Waals surface area contributed by atoms with Crippen LogP contribution in [0, 0.1) is 5.92 Å². The second-order valence-corrected chi connectivity index (χ2v) is 3.64. The normalized spacial score (nSPS) is 50.0. The largest absolute Gasteiger partial charge is 0.393 e.